The summed E-state index contributed by atoms with van der Waals surface area (Å²) in [5, 5.41) is 4.55. The number of rotatable bonds is 7. The maximum absolute atomic E-state index is 4.74. The number of thiazole rings is 1. The van der Waals surface area contributed by atoms with E-state index in [1.807, 2.05) is 11.3 Å². The molecule has 1 rings (SSSR count). The molecule has 1 aromatic rings. The molecule has 0 aliphatic carbocycles. The predicted octanol–water partition coefficient (Wildman–Crippen LogP) is 3.43. The zero-order chi connectivity index (χ0) is 13.7. The van der Waals surface area contributed by atoms with Crippen LogP contribution in [0.4, 0.5) is 5.13 Å². The van der Waals surface area contributed by atoms with Crippen molar-refractivity contribution in [3.8, 4) is 0 Å². The largest absolute Gasteiger partial charge is 0.345 e. The Kier molecular flexibility index (Phi) is 6.09. The van der Waals surface area contributed by atoms with Crippen molar-refractivity contribution in [1.82, 2.24) is 10.3 Å². The van der Waals surface area contributed by atoms with Crippen LogP contribution in [0.5, 0.6) is 0 Å². The van der Waals surface area contributed by atoms with Crippen LogP contribution in [0.2, 0.25) is 0 Å². The molecular weight excluding hydrogens is 242 g/mol. The molecule has 0 radical (unpaired) electrons. The molecule has 0 saturated heterocycles. The fourth-order valence-electron chi connectivity index (χ4n) is 1.84. The third-order valence-corrected chi connectivity index (χ3v) is 4.04. The normalized spacial score (nSPS) is 11.6. The highest BCUT2D eigenvalue weighted by Crippen LogP contribution is 2.28. The quantitative estimate of drug-likeness (QED) is 0.822. The second-order valence-electron chi connectivity index (χ2n) is 5.43. The van der Waals surface area contributed by atoms with Gasteiger partial charge in [0.15, 0.2) is 5.13 Å². The van der Waals surface area contributed by atoms with Crippen molar-refractivity contribution in [3.05, 3.63) is 10.6 Å². The summed E-state index contributed by atoms with van der Waals surface area (Å²) in [6.07, 6.45) is 0. The number of anilines is 1. The monoisotopic (exact) mass is 269 g/mol. The Bertz CT molecular complexity index is 358. The summed E-state index contributed by atoms with van der Waals surface area (Å²) in [6, 6.07) is 0.505. The summed E-state index contributed by atoms with van der Waals surface area (Å²) >= 11 is 1.83. The van der Waals surface area contributed by atoms with Crippen LogP contribution in [0.1, 0.15) is 45.2 Å². The predicted molar refractivity (Wildman–Crippen MR) is 81.6 cm³/mol. The van der Waals surface area contributed by atoms with Gasteiger partial charge in [-0.15, -0.1) is 11.3 Å². The van der Waals surface area contributed by atoms with Gasteiger partial charge < -0.3 is 10.2 Å². The average Bonchev–Trinajstić information content (AvgIpc) is 2.64. The molecule has 1 heterocycles. The molecule has 3 nitrogen and oxygen atoms in total. The highest BCUT2D eigenvalue weighted by atomic mass is 32.1. The number of aryl methyl sites for hydroxylation is 1. The number of hydrogen-bond donors (Lipinski definition) is 1. The number of nitrogens with zero attached hydrogens (tertiary/aromatic N) is 2. The molecule has 0 fully saturated rings. The molecule has 1 aromatic heterocycles. The Morgan fingerprint density at radius 3 is 2.44 bits per heavy atom. The molecular formula is C14H27N3S. The van der Waals surface area contributed by atoms with E-state index in [9.17, 15) is 0 Å². The third kappa shape index (κ3) is 4.25. The van der Waals surface area contributed by atoms with Gasteiger partial charge in [0.25, 0.3) is 0 Å². The fourth-order valence-corrected chi connectivity index (χ4v) is 3.01. The SMILES string of the molecule is CCNCc1sc(N(CC(C)C)C(C)C)nc1C. The van der Waals surface area contributed by atoms with Gasteiger partial charge in [-0.3, -0.25) is 0 Å². The minimum absolute atomic E-state index is 0.505. The van der Waals surface area contributed by atoms with Crippen LogP contribution in [0, 0.1) is 12.8 Å². The molecule has 0 atom stereocenters. The smallest absolute Gasteiger partial charge is 0.186 e. The first-order valence-corrected chi connectivity index (χ1v) is 7.71. The van der Waals surface area contributed by atoms with E-state index in [0.717, 1.165) is 19.6 Å². The van der Waals surface area contributed by atoms with Crippen molar-refractivity contribution in [2.24, 2.45) is 5.92 Å². The topological polar surface area (TPSA) is 28.2 Å². The molecule has 1 N–H and O–H groups in total. The van der Waals surface area contributed by atoms with Crippen molar-refractivity contribution in [3.63, 3.8) is 0 Å². The second-order valence-corrected chi connectivity index (χ2v) is 6.49. The zero-order valence-electron chi connectivity index (χ0n) is 12.6. The van der Waals surface area contributed by atoms with Gasteiger partial charge in [0.2, 0.25) is 0 Å². The van der Waals surface area contributed by atoms with Gasteiger partial charge in [-0.2, -0.15) is 0 Å². The molecule has 4 heteroatoms. The van der Waals surface area contributed by atoms with Crippen LogP contribution in [0.15, 0.2) is 0 Å². The Labute approximate surface area is 116 Å². The van der Waals surface area contributed by atoms with Crippen LogP contribution in [-0.2, 0) is 6.54 Å². The van der Waals surface area contributed by atoms with E-state index in [1.165, 1.54) is 15.7 Å². The minimum atomic E-state index is 0.505. The summed E-state index contributed by atoms with van der Waals surface area (Å²) < 4.78 is 0. The molecule has 104 valence electrons. The molecule has 0 unspecified atom stereocenters. The lowest BCUT2D eigenvalue weighted by Crippen LogP contribution is -2.34. The van der Waals surface area contributed by atoms with Crippen molar-refractivity contribution in [2.45, 2.75) is 54.1 Å². The molecule has 0 aliphatic heterocycles. The van der Waals surface area contributed by atoms with E-state index in [1.54, 1.807) is 0 Å². The van der Waals surface area contributed by atoms with E-state index in [0.29, 0.717) is 12.0 Å². The van der Waals surface area contributed by atoms with Crippen LogP contribution in [0.3, 0.4) is 0 Å². The first-order chi connectivity index (χ1) is 8.45. The second kappa shape index (κ2) is 7.10. The van der Waals surface area contributed by atoms with Gasteiger partial charge in [-0.05, 0) is 33.2 Å². The van der Waals surface area contributed by atoms with Crippen molar-refractivity contribution in [1.29, 1.82) is 0 Å². The fraction of sp³-hybridized carbons (Fsp3) is 0.786. The van der Waals surface area contributed by atoms with Crippen molar-refractivity contribution < 1.29 is 0 Å². The minimum Gasteiger partial charge on any atom is -0.345 e. The van der Waals surface area contributed by atoms with Gasteiger partial charge in [0.05, 0.1) is 5.69 Å². The van der Waals surface area contributed by atoms with Gasteiger partial charge in [-0.1, -0.05) is 20.8 Å². The summed E-state index contributed by atoms with van der Waals surface area (Å²) in [6.45, 7) is 16.3. The van der Waals surface area contributed by atoms with Gasteiger partial charge in [-0.25, -0.2) is 4.98 Å². The van der Waals surface area contributed by atoms with E-state index in [2.05, 4.69) is 51.8 Å². The summed E-state index contributed by atoms with van der Waals surface area (Å²) in [5.74, 6) is 0.661. The number of hydrogen-bond acceptors (Lipinski definition) is 4. The van der Waals surface area contributed by atoms with Crippen LogP contribution >= 0.6 is 11.3 Å². The molecule has 0 aromatic carbocycles. The molecule has 18 heavy (non-hydrogen) atoms. The highest BCUT2D eigenvalue weighted by Gasteiger charge is 2.17. The van der Waals surface area contributed by atoms with E-state index >= 15 is 0 Å². The standard InChI is InChI=1S/C14H27N3S/c1-7-15-8-13-12(6)16-14(18-13)17(11(4)5)9-10(2)3/h10-11,15H,7-9H2,1-6H3. The lowest BCUT2D eigenvalue weighted by atomic mass is 10.2. The van der Waals surface area contributed by atoms with Crippen LogP contribution in [-0.4, -0.2) is 24.1 Å². The Hall–Kier alpha value is -0.610. The van der Waals surface area contributed by atoms with Crippen molar-refractivity contribution in [2.75, 3.05) is 18.0 Å². The van der Waals surface area contributed by atoms with Crippen molar-refractivity contribution >= 4 is 16.5 Å². The molecule has 0 spiro atoms. The Morgan fingerprint density at radius 2 is 1.94 bits per heavy atom. The van der Waals surface area contributed by atoms with E-state index < -0.39 is 0 Å². The molecule has 0 saturated carbocycles. The summed E-state index contributed by atoms with van der Waals surface area (Å²) in [5.41, 5.74) is 1.17. The number of nitrogens with one attached hydrogen (secondary N) is 1. The van der Waals surface area contributed by atoms with Gasteiger partial charge >= 0.3 is 0 Å². The lowest BCUT2D eigenvalue weighted by Gasteiger charge is -2.27. The Balaban J connectivity index is 2.85. The average molecular weight is 269 g/mol. The lowest BCUT2D eigenvalue weighted by molar-refractivity contribution is 0.569. The highest BCUT2D eigenvalue weighted by molar-refractivity contribution is 7.15. The molecule has 0 bridgehead atoms. The maximum atomic E-state index is 4.74. The first-order valence-electron chi connectivity index (χ1n) is 6.89. The first kappa shape index (κ1) is 15.4. The van der Waals surface area contributed by atoms with E-state index in [-0.39, 0.29) is 0 Å². The summed E-state index contributed by atoms with van der Waals surface area (Å²) in [4.78, 5) is 8.52. The maximum Gasteiger partial charge on any atom is 0.186 e. The van der Waals surface area contributed by atoms with Crippen LogP contribution in [0.25, 0.3) is 0 Å². The van der Waals surface area contributed by atoms with Crippen LogP contribution < -0.4 is 10.2 Å². The van der Waals surface area contributed by atoms with E-state index in [4.69, 9.17) is 4.98 Å². The Morgan fingerprint density at radius 1 is 1.28 bits per heavy atom. The number of aromatic nitrogens is 1. The summed E-state index contributed by atoms with van der Waals surface area (Å²) in [7, 11) is 0. The molecule has 0 aliphatic rings. The molecule has 0 amide bonds. The zero-order valence-corrected chi connectivity index (χ0v) is 13.4. The van der Waals surface area contributed by atoms with Gasteiger partial charge in [0, 0.05) is 24.0 Å². The third-order valence-electron chi connectivity index (χ3n) is 2.85. The van der Waals surface area contributed by atoms with Gasteiger partial charge in [0.1, 0.15) is 0 Å².